The van der Waals surface area contributed by atoms with Gasteiger partial charge in [0.2, 0.25) is 0 Å². The molecule has 1 aliphatic heterocycles. The topological polar surface area (TPSA) is 70.8 Å². The fourth-order valence-electron chi connectivity index (χ4n) is 2.74. The maximum absolute atomic E-state index is 11.7. The number of methoxy groups -OCH3 is 2. The Morgan fingerprint density at radius 3 is 2.50 bits per heavy atom. The van der Waals surface area contributed by atoms with Crippen molar-refractivity contribution in [2.24, 2.45) is 5.41 Å². The number of hydrogen-bond donors (Lipinski definition) is 0. The van der Waals surface area contributed by atoms with Crippen molar-refractivity contribution in [1.82, 2.24) is 5.16 Å². The van der Waals surface area contributed by atoms with Gasteiger partial charge in [-0.1, -0.05) is 25.9 Å². The molecule has 1 aliphatic rings. The van der Waals surface area contributed by atoms with Crippen LogP contribution in [0.5, 0.6) is 0 Å². The molecule has 22 heavy (non-hydrogen) atoms. The van der Waals surface area contributed by atoms with Crippen LogP contribution in [0.15, 0.2) is 4.52 Å². The molecule has 2 rings (SSSR count). The summed E-state index contributed by atoms with van der Waals surface area (Å²) in [5, 5.41) is 3.83. The first kappa shape index (κ1) is 17.0. The van der Waals surface area contributed by atoms with E-state index in [1.165, 1.54) is 7.11 Å². The average molecular weight is 311 g/mol. The summed E-state index contributed by atoms with van der Waals surface area (Å²) < 4.78 is 21.8. The minimum absolute atomic E-state index is 0.00540. The molecule has 0 saturated carbocycles. The van der Waals surface area contributed by atoms with Crippen molar-refractivity contribution in [3.63, 3.8) is 0 Å². The lowest BCUT2D eigenvalue weighted by molar-refractivity contribution is -0.150. The predicted octanol–water partition coefficient (Wildman–Crippen LogP) is 3.05. The molecule has 0 radical (unpaired) electrons. The van der Waals surface area contributed by atoms with Crippen LogP contribution in [0, 0.1) is 12.3 Å². The third-order valence-electron chi connectivity index (χ3n) is 4.21. The lowest BCUT2D eigenvalue weighted by Gasteiger charge is -2.40. The van der Waals surface area contributed by atoms with Crippen LogP contribution in [0.2, 0.25) is 0 Å². The zero-order chi connectivity index (χ0) is 16.5. The summed E-state index contributed by atoms with van der Waals surface area (Å²) in [6.07, 6.45) is 1.39. The Morgan fingerprint density at radius 2 is 1.95 bits per heavy atom. The zero-order valence-electron chi connectivity index (χ0n) is 14.1. The molecule has 0 aromatic carbocycles. The maximum Gasteiger partial charge on any atom is 0.360 e. The summed E-state index contributed by atoms with van der Waals surface area (Å²) in [7, 11) is 3.03. The smallest absolute Gasteiger partial charge is 0.360 e. The van der Waals surface area contributed by atoms with Gasteiger partial charge in [0, 0.05) is 25.5 Å². The van der Waals surface area contributed by atoms with Gasteiger partial charge >= 0.3 is 5.97 Å². The molecule has 6 nitrogen and oxygen atoms in total. The summed E-state index contributed by atoms with van der Waals surface area (Å²) in [4.78, 5) is 11.7. The van der Waals surface area contributed by atoms with Crippen molar-refractivity contribution in [1.29, 1.82) is 0 Å². The number of aromatic nitrogens is 1. The second-order valence-corrected chi connectivity index (χ2v) is 6.82. The SMILES string of the molecule is COC(=O)c1noc([C@H]2C[C@@H](OC)C[C@@H](C(C)(C)C)O2)c1C. The van der Waals surface area contributed by atoms with Crippen LogP contribution >= 0.6 is 0 Å². The average Bonchev–Trinajstić information content (AvgIpc) is 2.86. The van der Waals surface area contributed by atoms with Gasteiger partial charge in [-0.25, -0.2) is 4.79 Å². The number of carbonyl (C=O) groups excluding carboxylic acids is 1. The Balaban J connectivity index is 2.27. The van der Waals surface area contributed by atoms with E-state index in [0.29, 0.717) is 17.7 Å². The quantitative estimate of drug-likeness (QED) is 0.799. The van der Waals surface area contributed by atoms with Gasteiger partial charge in [0.25, 0.3) is 0 Å². The molecule has 1 saturated heterocycles. The molecule has 0 unspecified atom stereocenters. The first-order valence-corrected chi connectivity index (χ1v) is 7.50. The molecule has 0 aliphatic carbocycles. The normalized spacial score (nSPS) is 26.0. The van der Waals surface area contributed by atoms with Gasteiger partial charge in [0.05, 0.1) is 19.3 Å². The molecule has 0 N–H and O–H groups in total. The van der Waals surface area contributed by atoms with Gasteiger partial charge in [0.15, 0.2) is 11.5 Å². The van der Waals surface area contributed by atoms with E-state index in [9.17, 15) is 4.79 Å². The number of esters is 1. The largest absolute Gasteiger partial charge is 0.464 e. The van der Waals surface area contributed by atoms with E-state index in [1.807, 2.05) is 0 Å². The monoisotopic (exact) mass is 311 g/mol. The van der Waals surface area contributed by atoms with E-state index in [4.69, 9.17) is 18.7 Å². The molecular formula is C16H25NO5. The summed E-state index contributed by atoms with van der Waals surface area (Å²) in [5.74, 6) is 0.0790. The highest BCUT2D eigenvalue weighted by molar-refractivity contribution is 5.88. The van der Waals surface area contributed by atoms with Crippen molar-refractivity contribution in [3.8, 4) is 0 Å². The summed E-state index contributed by atoms with van der Waals surface area (Å²) in [5.41, 5.74) is 0.864. The van der Waals surface area contributed by atoms with Crippen molar-refractivity contribution in [2.75, 3.05) is 14.2 Å². The van der Waals surface area contributed by atoms with Gasteiger partial charge in [0.1, 0.15) is 6.10 Å². The number of rotatable bonds is 3. The van der Waals surface area contributed by atoms with E-state index in [0.717, 1.165) is 6.42 Å². The lowest BCUT2D eigenvalue weighted by atomic mass is 9.82. The second-order valence-electron chi connectivity index (χ2n) is 6.82. The number of ether oxygens (including phenoxy) is 3. The molecule has 2 heterocycles. The number of carbonyl (C=O) groups is 1. The van der Waals surface area contributed by atoms with E-state index in [2.05, 4.69) is 25.9 Å². The van der Waals surface area contributed by atoms with Crippen LogP contribution in [0.4, 0.5) is 0 Å². The molecule has 0 spiro atoms. The fourth-order valence-corrected chi connectivity index (χ4v) is 2.74. The molecular weight excluding hydrogens is 286 g/mol. The van der Waals surface area contributed by atoms with Crippen molar-refractivity contribution < 1.29 is 23.5 Å². The summed E-state index contributed by atoms with van der Waals surface area (Å²) >= 11 is 0. The minimum atomic E-state index is -0.501. The van der Waals surface area contributed by atoms with Crippen LogP contribution in [0.1, 0.15) is 61.5 Å². The third-order valence-corrected chi connectivity index (χ3v) is 4.21. The van der Waals surface area contributed by atoms with Crippen LogP contribution in [0.3, 0.4) is 0 Å². The van der Waals surface area contributed by atoms with Gasteiger partial charge in [-0.05, 0) is 12.3 Å². The summed E-state index contributed by atoms with van der Waals surface area (Å²) in [6.45, 7) is 8.21. The van der Waals surface area contributed by atoms with E-state index < -0.39 is 5.97 Å². The number of hydrogen-bond acceptors (Lipinski definition) is 6. The Labute approximate surface area is 131 Å². The Bertz CT molecular complexity index is 531. The molecule has 124 valence electrons. The van der Waals surface area contributed by atoms with Crippen LogP contribution in [0.25, 0.3) is 0 Å². The highest BCUT2D eigenvalue weighted by atomic mass is 16.5. The van der Waals surface area contributed by atoms with Crippen molar-refractivity contribution >= 4 is 5.97 Å². The number of nitrogens with zero attached hydrogens (tertiary/aromatic N) is 1. The Morgan fingerprint density at radius 1 is 1.27 bits per heavy atom. The van der Waals surface area contributed by atoms with Gasteiger partial charge in [-0.2, -0.15) is 0 Å². The van der Waals surface area contributed by atoms with Crippen molar-refractivity contribution in [2.45, 2.75) is 58.8 Å². The molecule has 3 atom stereocenters. The minimum Gasteiger partial charge on any atom is -0.464 e. The van der Waals surface area contributed by atoms with Crippen LogP contribution in [-0.4, -0.2) is 37.6 Å². The highest BCUT2D eigenvalue weighted by Gasteiger charge is 2.39. The van der Waals surface area contributed by atoms with Crippen molar-refractivity contribution in [3.05, 3.63) is 17.0 Å². The van der Waals surface area contributed by atoms with Crippen LogP contribution < -0.4 is 0 Å². The molecule has 6 heteroatoms. The molecule has 1 aromatic rings. The standard InChI is InChI=1S/C16H25NO5/c1-9-13(15(18)20-6)17-22-14(9)11-7-10(19-5)8-12(21-11)16(2,3)4/h10-12H,7-8H2,1-6H3/t10-,11-,12+/m1/s1. The molecule has 0 amide bonds. The van der Waals surface area contributed by atoms with Gasteiger partial charge in [-0.3, -0.25) is 0 Å². The van der Waals surface area contributed by atoms with E-state index in [1.54, 1.807) is 14.0 Å². The van der Waals surface area contributed by atoms with Crippen LogP contribution in [-0.2, 0) is 14.2 Å². The van der Waals surface area contributed by atoms with Gasteiger partial charge in [-0.15, -0.1) is 0 Å². The zero-order valence-corrected chi connectivity index (χ0v) is 14.1. The first-order chi connectivity index (χ1) is 10.3. The fraction of sp³-hybridized carbons (Fsp3) is 0.750. The van der Waals surface area contributed by atoms with E-state index in [-0.39, 0.29) is 29.4 Å². The third kappa shape index (κ3) is 3.33. The summed E-state index contributed by atoms with van der Waals surface area (Å²) in [6, 6.07) is 0. The molecule has 1 fully saturated rings. The Hall–Kier alpha value is -1.40. The highest BCUT2D eigenvalue weighted by Crippen LogP contribution is 2.40. The first-order valence-electron chi connectivity index (χ1n) is 7.50. The molecule has 1 aromatic heterocycles. The molecule has 0 bridgehead atoms. The lowest BCUT2D eigenvalue weighted by Crippen LogP contribution is -2.40. The second kappa shape index (κ2) is 6.38. The maximum atomic E-state index is 11.7. The van der Waals surface area contributed by atoms with E-state index >= 15 is 0 Å². The Kier molecular flexibility index (Phi) is 4.92. The van der Waals surface area contributed by atoms with Gasteiger partial charge < -0.3 is 18.7 Å². The predicted molar refractivity (Wildman–Crippen MR) is 79.7 cm³/mol.